The molecule has 19 heavy (non-hydrogen) atoms. The summed E-state index contributed by atoms with van der Waals surface area (Å²) in [5.41, 5.74) is 8.10. The normalized spacial score (nSPS) is 12.5. The van der Waals surface area contributed by atoms with E-state index in [2.05, 4.69) is 5.10 Å². The molecule has 1 aromatic carbocycles. The molecule has 2 N–H and O–H groups in total. The SMILES string of the molecule is Cc1nn(C)c(N(C)C(C)c2ccccc2F)c1N. The Hall–Kier alpha value is -2.04. The molecule has 0 aliphatic heterocycles. The van der Waals surface area contributed by atoms with Crippen molar-refractivity contribution in [1.29, 1.82) is 0 Å². The summed E-state index contributed by atoms with van der Waals surface area (Å²) in [7, 11) is 3.73. The van der Waals surface area contributed by atoms with Crippen LogP contribution >= 0.6 is 0 Å². The highest BCUT2D eigenvalue weighted by molar-refractivity contribution is 5.66. The van der Waals surface area contributed by atoms with E-state index in [1.54, 1.807) is 16.8 Å². The van der Waals surface area contributed by atoms with E-state index in [-0.39, 0.29) is 11.9 Å². The van der Waals surface area contributed by atoms with Gasteiger partial charge >= 0.3 is 0 Å². The molecule has 2 rings (SSSR count). The third-order valence-electron chi connectivity index (χ3n) is 3.51. The van der Waals surface area contributed by atoms with Crippen molar-refractivity contribution < 1.29 is 4.39 Å². The number of benzene rings is 1. The molecule has 0 spiro atoms. The van der Waals surface area contributed by atoms with Gasteiger partial charge in [-0.1, -0.05) is 18.2 Å². The lowest BCUT2D eigenvalue weighted by Gasteiger charge is -2.27. The van der Waals surface area contributed by atoms with E-state index in [1.165, 1.54) is 6.07 Å². The second kappa shape index (κ2) is 4.91. The Morgan fingerprint density at radius 3 is 2.53 bits per heavy atom. The summed E-state index contributed by atoms with van der Waals surface area (Å²) in [6, 6.07) is 6.65. The lowest BCUT2D eigenvalue weighted by molar-refractivity contribution is 0.579. The Labute approximate surface area is 112 Å². The minimum absolute atomic E-state index is 0.127. The molecule has 5 heteroatoms. The first-order valence-corrected chi connectivity index (χ1v) is 6.19. The fourth-order valence-electron chi connectivity index (χ4n) is 2.29. The number of nitrogen functional groups attached to an aromatic ring is 1. The van der Waals surface area contributed by atoms with Crippen molar-refractivity contribution in [2.24, 2.45) is 7.05 Å². The predicted octanol–water partition coefficient (Wildman–Crippen LogP) is 2.65. The van der Waals surface area contributed by atoms with E-state index in [0.29, 0.717) is 11.3 Å². The van der Waals surface area contributed by atoms with Gasteiger partial charge in [0.25, 0.3) is 0 Å². The van der Waals surface area contributed by atoms with Crippen molar-refractivity contribution in [3.8, 4) is 0 Å². The Kier molecular flexibility index (Phi) is 3.46. The molecule has 1 aromatic heterocycles. The number of hydrogen-bond acceptors (Lipinski definition) is 3. The van der Waals surface area contributed by atoms with Crippen LogP contribution in [0, 0.1) is 12.7 Å². The second-order valence-corrected chi connectivity index (χ2v) is 4.75. The summed E-state index contributed by atoms with van der Waals surface area (Å²) in [6.07, 6.45) is 0. The topological polar surface area (TPSA) is 47.1 Å². The lowest BCUT2D eigenvalue weighted by atomic mass is 10.1. The number of nitrogens with zero attached hydrogens (tertiary/aromatic N) is 3. The largest absolute Gasteiger partial charge is 0.394 e. The molecular formula is C14H19FN4. The molecule has 0 aliphatic rings. The van der Waals surface area contributed by atoms with Crippen LogP contribution in [0.5, 0.6) is 0 Å². The summed E-state index contributed by atoms with van der Waals surface area (Å²) in [4.78, 5) is 1.94. The average Bonchev–Trinajstić information content (AvgIpc) is 2.62. The van der Waals surface area contributed by atoms with Gasteiger partial charge in [-0.05, 0) is 19.9 Å². The van der Waals surface area contributed by atoms with E-state index in [4.69, 9.17) is 5.73 Å². The summed E-state index contributed by atoms with van der Waals surface area (Å²) in [5.74, 6) is 0.590. The third-order valence-corrected chi connectivity index (χ3v) is 3.51. The van der Waals surface area contributed by atoms with Gasteiger partial charge in [-0.2, -0.15) is 5.10 Å². The highest BCUT2D eigenvalue weighted by Crippen LogP contribution is 2.31. The van der Waals surface area contributed by atoms with Crippen LogP contribution in [-0.2, 0) is 7.05 Å². The third kappa shape index (κ3) is 2.28. The van der Waals surface area contributed by atoms with Gasteiger partial charge in [0, 0.05) is 19.7 Å². The molecule has 0 aliphatic carbocycles. The molecular weight excluding hydrogens is 243 g/mol. The monoisotopic (exact) mass is 262 g/mol. The number of anilines is 2. The number of aromatic nitrogens is 2. The van der Waals surface area contributed by atoms with Gasteiger partial charge in [0.15, 0.2) is 5.82 Å². The summed E-state index contributed by atoms with van der Waals surface area (Å²) in [6.45, 7) is 3.81. The van der Waals surface area contributed by atoms with Crippen LogP contribution in [-0.4, -0.2) is 16.8 Å². The Bertz CT molecular complexity index is 591. The number of halogens is 1. The molecule has 1 atom stereocenters. The van der Waals surface area contributed by atoms with Crippen LogP contribution in [0.15, 0.2) is 24.3 Å². The Morgan fingerprint density at radius 2 is 2.00 bits per heavy atom. The van der Waals surface area contributed by atoms with Gasteiger partial charge in [0.05, 0.1) is 17.4 Å². The van der Waals surface area contributed by atoms with Crippen LogP contribution in [0.25, 0.3) is 0 Å². The molecule has 4 nitrogen and oxygen atoms in total. The Morgan fingerprint density at radius 1 is 1.37 bits per heavy atom. The van der Waals surface area contributed by atoms with Crippen molar-refractivity contribution in [1.82, 2.24) is 9.78 Å². The van der Waals surface area contributed by atoms with E-state index in [1.807, 2.05) is 38.9 Å². The van der Waals surface area contributed by atoms with Gasteiger partial charge in [0.2, 0.25) is 0 Å². The van der Waals surface area contributed by atoms with Gasteiger partial charge in [-0.3, -0.25) is 4.68 Å². The van der Waals surface area contributed by atoms with Crippen molar-refractivity contribution in [2.45, 2.75) is 19.9 Å². The first-order chi connectivity index (χ1) is 8.93. The molecule has 1 heterocycles. The molecule has 0 radical (unpaired) electrons. The standard InChI is InChI=1S/C14H19FN4/c1-9-13(16)14(19(4)17-9)18(3)10(2)11-7-5-6-8-12(11)15/h5-8,10H,16H2,1-4H3. The van der Waals surface area contributed by atoms with Crippen LogP contribution < -0.4 is 10.6 Å². The zero-order chi connectivity index (χ0) is 14.2. The number of hydrogen-bond donors (Lipinski definition) is 1. The zero-order valence-electron chi connectivity index (χ0n) is 11.7. The maximum Gasteiger partial charge on any atom is 0.150 e. The maximum absolute atomic E-state index is 13.8. The summed E-state index contributed by atoms with van der Waals surface area (Å²) >= 11 is 0. The minimum Gasteiger partial charge on any atom is -0.394 e. The van der Waals surface area contributed by atoms with E-state index in [0.717, 1.165) is 11.5 Å². The molecule has 0 amide bonds. The molecule has 0 fully saturated rings. The highest BCUT2D eigenvalue weighted by Gasteiger charge is 2.21. The average molecular weight is 262 g/mol. The van der Waals surface area contributed by atoms with Crippen molar-refractivity contribution in [3.63, 3.8) is 0 Å². The molecule has 0 saturated carbocycles. The minimum atomic E-state index is -0.209. The maximum atomic E-state index is 13.8. The van der Waals surface area contributed by atoms with Crippen molar-refractivity contribution >= 4 is 11.5 Å². The molecule has 2 aromatic rings. The van der Waals surface area contributed by atoms with E-state index in [9.17, 15) is 4.39 Å². The molecule has 1 unspecified atom stereocenters. The number of rotatable bonds is 3. The molecule has 0 bridgehead atoms. The van der Waals surface area contributed by atoms with Crippen molar-refractivity contribution in [3.05, 3.63) is 41.3 Å². The lowest BCUT2D eigenvalue weighted by Crippen LogP contribution is -2.25. The molecule has 102 valence electrons. The predicted molar refractivity (Wildman–Crippen MR) is 75.6 cm³/mol. The number of aryl methyl sites for hydroxylation is 2. The fraction of sp³-hybridized carbons (Fsp3) is 0.357. The van der Waals surface area contributed by atoms with Crippen LogP contribution in [0.1, 0.15) is 24.2 Å². The van der Waals surface area contributed by atoms with Crippen LogP contribution in [0.4, 0.5) is 15.9 Å². The number of nitrogens with two attached hydrogens (primary N) is 1. The van der Waals surface area contributed by atoms with Crippen LogP contribution in [0.3, 0.4) is 0 Å². The van der Waals surface area contributed by atoms with Gasteiger partial charge < -0.3 is 10.6 Å². The van der Waals surface area contributed by atoms with Crippen LogP contribution in [0.2, 0.25) is 0 Å². The summed E-state index contributed by atoms with van der Waals surface area (Å²) < 4.78 is 15.6. The van der Waals surface area contributed by atoms with Gasteiger partial charge in [0.1, 0.15) is 5.82 Å². The van der Waals surface area contributed by atoms with E-state index < -0.39 is 0 Å². The van der Waals surface area contributed by atoms with Gasteiger partial charge in [-0.15, -0.1) is 0 Å². The first kappa shape index (κ1) is 13.4. The second-order valence-electron chi connectivity index (χ2n) is 4.75. The smallest absolute Gasteiger partial charge is 0.150 e. The Balaban J connectivity index is 2.39. The van der Waals surface area contributed by atoms with Gasteiger partial charge in [-0.25, -0.2) is 4.39 Å². The highest BCUT2D eigenvalue weighted by atomic mass is 19.1. The first-order valence-electron chi connectivity index (χ1n) is 6.19. The van der Waals surface area contributed by atoms with Crippen molar-refractivity contribution in [2.75, 3.05) is 17.7 Å². The molecule has 0 saturated heterocycles. The zero-order valence-corrected chi connectivity index (χ0v) is 11.7. The fourth-order valence-corrected chi connectivity index (χ4v) is 2.29. The quantitative estimate of drug-likeness (QED) is 0.925. The summed E-state index contributed by atoms with van der Waals surface area (Å²) in [5, 5.41) is 4.29. The van der Waals surface area contributed by atoms with E-state index >= 15 is 0 Å².